The maximum atomic E-state index is 13.1. The van der Waals surface area contributed by atoms with E-state index in [-0.39, 0.29) is 10.9 Å². The number of aromatic nitrogens is 2. The number of halogens is 5. The number of nitrogens with one attached hydrogen (secondary N) is 1. The smallest absolute Gasteiger partial charge is 0.351 e. The summed E-state index contributed by atoms with van der Waals surface area (Å²) in [7, 11) is 0. The molecule has 0 radical (unpaired) electrons. The molecule has 0 spiro atoms. The summed E-state index contributed by atoms with van der Waals surface area (Å²) in [5.41, 5.74) is 0.869. The number of thioether (sulfide) groups is 1. The first-order valence-electron chi connectivity index (χ1n) is 5.54. The van der Waals surface area contributed by atoms with Gasteiger partial charge in [0.05, 0.1) is 4.47 Å². The third kappa shape index (κ3) is 5.44. The van der Waals surface area contributed by atoms with Gasteiger partial charge in [0.25, 0.3) is 0 Å². The highest BCUT2D eigenvalue weighted by Gasteiger charge is 2.27. The molecule has 21 heavy (non-hydrogen) atoms. The Bertz CT molecular complexity index is 618. The van der Waals surface area contributed by atoms with Crippen LogP contribution in [-0.4, -0.2) is 22.9 Å². The van der Waals surface area contributed by atoms with Crippen molar-refractivity contribution in [2.75, 3.05) is 11.9 Å². The van der Waals surface area contributed by atoms with E-state index >= 15 is 0 Å². The van der Waals surface area contributed by atoms with Gasteiger partial charge in [0, 0.05) is 5.75 Å². The highest BCUT2D eigenvalue weighted by atomic mass is 79.9. The van der Waals surface area contributed by atoms with Crippen molar-refractivity contribution in [2.24, 2.45) is 0 Å². The summed E-state index contributed by atoms with van der Waals surface area (Å²) in [4.78, 5) is 0. The van der Waals surface area contributed by atoms with Gasteiger partial charge in [-0.05, 0) is 33.6 Å². The Morgan fingerprint density at radius 3 is 2.71 bits per heavy atom. The molecule has 1 aromatic carbocycles. The second-order valence-corrected chi connectivity index (χ2v) is 6.93. The summed E-state index contributed by atoms with van der Waals surface area (Å²) < 4.78 is 50.1. The molecular weight excluding hydrogens is 394 g/mol. The molecule has 0 aliphatic rings. The molecule has 0 bridgehead atoms. The molecule has 2 rings (SSSR count). The van der Waals surface area contributed by atoms with Crippen LogP contribution in [0, 0.1) is 5.82 Å². The third-order valence-electron chi connectivity index (χ3n) is 2.19. The highest BCUT2D eigenvalue weighted by Crippen LogP contribution is 2.30. The molecule has 1 heterocycles. The van der Waals surface area contributed by atoms with Crippen LogP contribution in [0.4, 0.5) is 22.7 Å². The van der Waals surface area contributed by atoms with Crippen LogP contribution < -0.4 is 5.32 Å². The van der Waals surface area contributed by atoms with E-state index in [0.29, 0.717) is 14.6 Å². The topological polar surface area (TPSA) is 37.8 Å². The lowest BCUT2D eigenvalue weighted by Gasteiger charge is -2.05. The lowest BCUT2D eigenvalue weighted by atomic mass is 10.2. The molecule has 0 fully saturated rings. The standard InChI is InChI=1S/C11H8BrF4N3S2/c12-7-3-6(1-2-8(7)13)4-20-10-19-18-9(21-10)17-5-11(14,15)16/h1-3H,4-5H2,(H,17,18). The van der Waals surface area contributed by atoms with E-state index in [1.807, 2.05) is 0 Å². The van der Waals surface area contributed by atoms with E-state index in [9.17, 15) is 17.6 Å². The van der Waals surface area contributed by atoms with Gasteiger partial charge >= 0.3 is 6.18 Å². The first-order valence-corrected chi connectivity index (χ1v) is 8.14. The number of benzene rings is 1. The molecule has 2 aromatic rings. The summed E-state index contributed by atoms with van der Waals surface area (Å²) in [6, 6.07) is 4.62. The van der Waals surface area contributed by atoms with Crippen molar-refractivity contribution in [3.05, 3.63) is 34.1 Å². The van der Waals surface area contributed by atoms with E-state index in [1.54, 1.807) is 12.1 Å². The predicted octanol–water partition coefficient (Wildman–Crippen LogP) is 4.71. The second kappa shape index (κ2) is 6.93. The molecule has 1 N–H and O–H groups in total. The zero-order valence-electron chi connectivity index (χ0n) is 10.2. The fraction of sp³-hybridized carbons (Fsp3) is 0.273. The molecule has 0 amide bonds. The minimum Gasteiger partial charge on any atom is -0.351 e. The molecule has 0 unspecified atom stereocenters. The average molecular weight is 402 g/mol. The molecule has 0 saturated carbocycles. The molecular formula is C11H8BrF4N3S2. The normalized spacial score (nSPS) is 11.7. The van der Waals surface area contributed by atoms with Gasteiger partial charge in [-0.25, -0.2) is 4.39 Å². The van der Waals surface area contributed by atoms with Crippen molar-refractivity contribution in [3.8, 4) is 0 Å². The van der Waals surface area contributed by atoms with Gasteiger partial charge in [-0.1, -0.05) is 29.2 Å². The van der Waals surface area contributed by atoms with Crippen molar-refractivity contribution in [1.29, 1.82) is 0 Å². The summed E-state index contributed by atoms with van der Waals surface area (Å²) >= 11 is 5.46. The van der Waals surface area contributed by atoms with Crippen molar-refractivity contribution >= 4 is 44.2 Å². The molecule has 0 aliphatic carbocycles. The highest BCUT2D eigenvalue weighted by molar-refractivity contribution is 9.10. The number of hydrogen-bond acceptors (Lipinski definition) is 5. The van der Waals surface area contributed by atoms with E-state index < -0.39 is 12.7 Å². The lowest BCUT2D eigenvalue weighted by Crippen LogP contribution is -2.21. The molecule has 114 valence electrons. The maximum absolute atomic E-state index is 13.1. The van der Waals surface area contributed by atoms with E-state index in [2.05, 4.69) is 31.4 Å². The van der Waals surface area contributed by atoms with Gasteiger partial charge in [0.15, 0.2) is 4.34 Å². The molecule has 10 heteroatoms. The van der Waals surface area contributed by atoms with Crippen LogP contribution in [0.2, 0.25) is 0 Å². The quantitative estimate of drug-likeness (QED) is 0.581. The Hall–Kier alpha value is -0.870. The minimum atomic E-state index is -4.29. The summed E-state index contributed by atoms with van der Waals surface area (Å²) in [6.07, 6.45) is -4.29. The molecule has 1 aromatic heterocycles. The van der Waals surface area contributed by atoms with Gasteiger partial charge < -0.3 is 5.32 Å². The van der Waals surface area contributed by atoms with Crippen molar-refractivity contribution in [2.45, 2.75) is 16.3 Å². The molecule has 3 nitrogen and oxygen atoms in total. The fourth-order valence-electron chi connectivity index (χ4n) is 1.29. The maximum Gasteiger partial charge on any atom is 0.405 e. The van der Waals surface area contributed by atoms with Crippen molar-refractivity contribution in [3.63, 3.8) is 0 Å². The second-order valence-electron chi connectivity index (χ2n) is 3.88. The summed E-state index contributed by atoms with van der Waals surface area (Å²) in [6.45, 7) is -1.14. The Morgan fingerprint density at radius 1 is 1.29 bits per heavy atom. The van der Waals surface area contributed by atoms with Crippen LogP contribution in [0.3, 0.4) is 0 Å². The van der Waals surface area contributed by atoms with Gasteiger partial charge in [0.2, 0.25) is 5.13 Å². The van der Waals surface area contributed by atoms with Crippen LogP contribution in [0.15, 0.2) is 27.0 Å². The van der Waals surface area contributed by atoms with Gasteiger partial charge in [-0.15, -0.1) is 10.2 Å². The van der Waals surface area contributed by atoms with Crippen LogP contribution >= 0.6 is 39.0 Å². The zero-order valence-corrected chi connectivity index (χ0v) is 13.5. The molecule has 0 aliphatic heterocycles. The average Bonchev–Trinajstić information content (AvgIpc) is 2.85. The van der Waals surface area contributed by atoms with Crippen LogP contribution in [0.5, 0.6) is 0 Å². The largest absolute Gasteiger partial charge is 0.405 e. The van der Waals surface area contributed by atoms with Crippen molar-refractivity contribution < 1.29 is 17.6 Å². The number of alkyl halides is 3. The number of anilines is 1. The van der Waals surface area contributed by atoms with Crippen LogP contribution in [0.1, 0.15) is 5.56 Å². The van der Waals surface area contributed by atoms with E-state index in [1.165, 1.54) is 17.8 Å². The first-order chi connectivity index (χ1) is 9.83. The van der Waals surface area contributed by atoms with Crippen LogP contribution in [0.25, 0.3) is 0 Å². The Labute approximate surface area is 134 Å². The monoisotopic (exact) mass is 401 g/mol. The number of nitrogens with zero attached hydrogens (tertiary/aromatic N) is 2. The number of rotatable bonds is 5. The van der Waals surface area contributed by atoms with Gasteiger partial charge in [0.1, 0.15) is 12.4 Å². The van der Waals surface area contributed by atoms with Crippen molar-refractivity contribution in [1.82, 2.24) is 10.2 Å². The summed E-state index contributed by atoms with van der Waals surface area (Å²) in [5.74, 6) is 0.172. The first kappa shape index (κ1) is 16.5. The Balaban J connectivity index is 1.89. The zero-order chi connectivity index (χ0) is 15.5. The van der Waals surface area contributed by atoms with E-state index in [4.69, 9.17) is 0 Å². The number of hydrogen-bond donors (Lipinski definition) is 1. The van der Waals surface area contributed by atoms with Gasteiger partial charge in [-0.3, -0.25) is 0 Å². The molecule has 0 atom stereocenters. The predicted molar refractivity (Wildman–Crippen MR) is 78.1 cm³/mol. The van der Waals surface area contributed by atoms with Crippen LogP contribution in [-0.2, 0) is 5.75 Å². The Kier molecular flexibility index (Phi) is 5.44. The Morgan fingerprint density at radius 2 is 2.05 bits per heavy atom. The summed E-state index contributed by atoms with van der Waals surface area (Å²) in [5, 5.41) is 9.71. The molecule has 0 saturated heterocycles. The van der Waals surface area contributed by atoms with Gasteiger partial charge in [-0.2, -0.15) is 13.2 Å². The van der Waals surface area contributed by atoms with E-state index in [0.717, 1.165) is 16.9 Å². The lowest BCUT2D eigenvalue weighted by molar-refractivity contribution is -0.115. The minimum absolute atomic E-state index is 0.120. The SMILES string of the molecule is Fc1ccc(CSc2nnc(NCC(F)(F)F)s2)cc1Br. The fourth-order valence-corrected chi connectivity index (χ4v) is 3.41. The third-order valence-corrected chi connectivity index (χ3v) is 4.89.